The van der Waals surface area contributed by atoms with Crippen LogP contribution in [0.15, 0.2) is 66.7 Å². The third-order valence-electron chi connectivity index (χ3n) is 4.66. The fraction of sp³-hybridized carbons (Fsp3) is 0.136. The SMILES string of the molecule is CC(=O)c1cccc(NC(=O)c2cccc(N3CCc4ccccc43)n2)c1. The second-order valence-electron chi connectivity index (χ2n) is 6.50. The van der Waals surface area contributed by atoms with E-state index in [1.165, 1.54) is 12.5 Å². The van der Waals surface area contributed by atoms with Gasteiger partial charge in [-0.15, -0.1) is 0 Å². The molecule has 0 unspecified atom stereocenters. The van der Waals surface area contributed by atoms with Gasteiger partial charge in [-0.3, -0.25) is 9.59 Å². The number of hydrogen-bond donors (Lipinski definition) is 1. The zero-order chi connectivity index (χ0) is 18.8. The van der Waals surface area contributed by atoms with Crippen molar-refractivity contribution in [3.8, 4) is 0 Å². The molecule has 4 rings (SSSR count). The highest BCUT2D eigenvalue weighted by Gasteiger charge is 2.21. The predicted molar refractivity (Wildman–Crippen MR) is 106 cm³/mol. The molecule has 0 bridgehead atoms. The molecular formula is C22H19N3O2. The molecule has 1 aliphatic heterocycles. The predicted octanol–water partition coefficient (Wildman–Crippen LogP) is 4.23. The first-order valence-electron chi connectivity index (χ1n) is 8.87. The Hall–Kier alpha value is -3.47. The number of nitrogens with one attached hydrogen (secondary N) is 1. The van der Waals surface area contributed by atoms with Gasteiger partial charge in [0.05, 0.1) is 0 Å². The van der Waals surface area contributed by atoms with Gasteiger partial charge in [-0.1, -0.05) is 36.4 Å². The van der Waals surface area contributed by atoms with Gasteiger partial charge in [0.1, 0.15) is 11.5 Å². The van der Waals surface area contributed by atoms with Gasteiger partial charge in [0.25, 0.3) is 5.91 Å². The summed E-state index contributed by atoms with van der Waals surface area (Å²) in [7, 11) is 0. The van der Waals surface area contributed by atoms with E-state index in [-0.39, 0.29) is 11.7 Å². The smallest absolute Gasteiger partial charge is 0.274 e. The standard InChI is InChI=1S/C22H19N3O2/c1-15(26)17-7-4-8-18(14-17)23-22(27)19-9-5-11-21(24-19)25-13-12-16-6-2-3-10-20(16)25/h2-11,14H,12-13H2,1H3,(H,23,27). The molecule has 0 radical (unpaired) electrons. The Morgan fingerprint density at radius 1 is 1.00 bits per heavy atom. The van der Waals surface area contributed by atoms with Gasteiger partial charge >= 0.3 is 0 Å². The van der Waals surface area contributed by atoms with Crippen LogP contribution in [-0.4, -0.2) is 23.2 Å². The van der Waals surface area contributed by atoms with Crippen LogP contribution in [-0.2, 0) is 6.42 Å². The number of carbonyl (C=O) groups is 2. The van der Waals surface area contributed by atoms with Crippen molar-refractivity contribution in [1.29, 1.82) is 0 Å². The van der Waals surface area contributed by atoms with Crippen molar-refractivity contribution in [3.63, 3.8) is 0 Å². The van der Waals surface area contributed by atoms with Crippen LogP contribution >= 0.6 is 0 Å². The number of aromatic nitrogens is 1. The van der Waals surface area contributed by atoms with Crippen molar-refractivity contribution in [2.24, 2.45) is 0 Å². The number of pyridine rings is 1. The lowest BCUT2D eigenvalue weighted by atomic mass is 10.1. The molecule has 0 atom stereocenters. The fourth-order valence-corrected chi connectivity index (χ4v) is 3.29. The normalized spacial score (nSPS) is 12.6. The Morgan fingerprint density at radius 3 is 2.67 bits per heavy atom. The first-order valence-corrected chi connectivity index (χ1v) is 8.87. The fourth-order valence-electron chi connectivity index (χ4n) is 3.29. The summed E-state index contributed by atoms with van der Waals surface area (Å²) in [5, 5.41) is 2.82. The van der Waals surface area contributed by atoms with E-state index in [0.717, 1.165) is 24.5 Å². The van der Waals surface area contributed by atoms with Crippen molar-refractivity contribution >= 4 is 28.9 Å². The number of fused-ring (bicyclic) bond motifs is 1. The highest BCUT2D eigenvalue weighted by Crippen LogP contribution is 2.33. The summed E-state index contributed by atoms with van der Waals surface area (Å²) in [5.74, 6) is 0.411. The quantitative estimate of drug-likeness (QED) is 0.710. The highest BCUT2D eigenvalue weighted by molar-refractivity contribution is 6.04. The summed E-state index contributed by atoms with van der Waals surface area (Å²) in [6.07, 6.45) is 0.964. The van der Waals surface area contributed by atoms with Crippen molar-refractivity contribution < 1.29 is 9.59 Å². The molecule has 5 heteroatoms. The number of ketones is 1. The van der Waals surface area contributed by atoms with E-state index in [9.17, 15) is 9.59 Å². The minimum atomic E-state index is -0.301. The van der Waals surface area contributed by atoms with Crippen LogP contribution in [0.2, 0.25) is 0 Å². The van der Waals surface area contributed by atoms with E-state index in [1.54, 1.807) is 30.3 Å². The van der Waals surface area contributed by atoms with Gasteiger partial charge in [0.2, 0.25) is 0 Å². The molecule has 0 saturated heterocycles. The topological polar surface area (TPSA) is 62.3 Å². The maximum absolute atomic E-state index is 12.6. The zero-order valence-corrected chi connectivity index (χ0v) is 15.0. The lowest BCUT2D eigenvalue weighted by Gasteiger charge is -2.18. The van der Waals surface area contributed by atoms with Gasteiger partial charge < -0.3 is 10.2 Å². The van der Waals surface area contributed by atoms with E-state index < -0.39 is 0 Å². The average molecular weight is 357 g/mol. The van der Waals surface area contributed by atoms with Gasteiger partial charge in [-0.05, 0) is 49.2 Å². The zero-order valence-electron chi connectivity index (χ0n) is 15.0. The molecule has 1 amide bonds. The molecule has 2 heterocycles. The van der Waals surface area contributed by atoms with Crippen molar-refractivity contribution in [1.82, 2.24) is 4.98 Å². The van der Waals surface area contributed by atoms with Crippen LogP contribution < -0.4 is 10.2 Å². The highest BCUT2D eigenvalue weighted by atomic mass is 16.2. The van der Waals surface area contributed by atoms with Crippen LogP contribution in [0.3, 0.4) is 0 Å². The summed E-state index contributed by atoms with van der Waals surface area (Å²) in [4.78, 5) is 30.8. The second kappa shape index (κ2) is 7.03. The molecule has 27 heavy (non-hydrogen) atoms. The number of hydrogen-bond acceptors (Lipinski definition) is 4. The number of amides is 1. The first-order chi connectivity index (χ1) is 13.1. The number of nitrogens with zero attached hydrogens (tertiary/aromatic N) is 2. The van der Waals surface area contributed by atoms with Crippen molar-refractivity contribution in [2.45, 2.75) is 13.3 Å². The van der Waals surface area contributed by atoms with Gasteiger partial charge in [0.15, 0.2) is 5.78 Å². The molecule has 1 aromatic heterocycles. The van der Waals surface area contributed by atoms with Gasteiger partial charge in [-0.2, -0.15) is 0 Å². The Morgan fingerprint density at radius 2 is 1.81 bits per heavy atom. The largest absolute Gasteiger partial charge is 0.326 e. The lowest BCUT2D eigenvalue weighted by Crippen LogP contribution is -2.18. The molecule has 0 aliphatic carbocycles. The van der Waals surface area contributed by atoms with Crippen LogP contribution in [0.25, 0.3) is 0 Å². The Labute approximate surface area is 157 Å². The third kappa shape index (κ3) is 3.44. The second-order valence-corrected chi connectivity index (χ2v) is 6.50. The molecular weight excluding hydrogens is 338 g/mol. The number of Topliss-reactive ketones (excluding diaryl/α,β-unsaturated/α-hetero) is 1. The molecule has 0 saturated carbocycles. The Bertz CT molecular complexity index is 1030. The van der Waals surface area contributed by atoms with Gasteiger partial charge in [-0.25, -0.2) is 4.98 Å². The Balaban J connectivity index is 1.57. The molecule has 5 nitrogen and oxygen atoms in total. The Kier molecular flexibility index (Phi) is 4.42. The number of carbonyl (C=O) groups excluding carboxylic acids is 2. The minimum Gasteiger partial charge on any atom is -0.326 e. The van der Waals surface area contributed by atoms with E-state index in [0.29, 0.717) is 16.9 Å². The minimum absolute atomic E-state index is 0.0427. The molecule has 0 fully saturated rings. The molecule has 1 aliphatic rings. The van der Waals surface area contributed by atoms with Crippen LogP contribution in [0.5, 0.6) is 0 Å². The lowest BCUT2D eigenvalue weighted by molar-refractivity contribution is 0.100. The van der Waals surface area contributed by atoms with Gasteiger partial charge in [0, 0.05) is 23.5 Å². The molecule has 1 N–H and O–H groups in total. The third-order valence-corrected chi connectivity index (χ3v) is 4.66. The maximum atomic E-state index is 12.6. The summed E-state index contributed by atoms with van der Waals surface area (Å²) < 4.78 is 0. The van der Waals surface area contributed by atoms with E-state index >= 15 is 0 Å². The summed E-state index contributed by atoms with van der Waals surface area (Å²) in [6, 6.07) is 20.6. The number of anilines is 3. The summed E-state index contributed by atoms with van der Waals surface area (Å²) >= 11 is 0. The number of rotatable bonds is 4. The maximum Gasteiger partial charge on any atom is 0.274 e. The molecule has 0 spiro atoms. The van der Waals surface area contributed by atoms with Crippen molar-refractivity contribution in [3.05, 3.63) is 83.6 Å². The van der Waals surface area contributed by atoms with E-state index in [4.69, 9.17) is 0 Å². The summed E-state index contributed by atoms with van der Waals surface area (Å²) in [5.41, 5.74) is 3.90. The van der Waals surface area contributed by atoms with Crippen molar-refractivity contribution in [2.75, 3.05) is 16.8 Å². The average Bonchev–Trinajstić information content (AvgIpc) is 3.12. The van der Waals surface area contributed by atoms with Crippen LogP contribution in [0, 0.1) is 0 Å². The van der Waals surface area contributed by atoms with Crippen LogP contribution in [0.4, 0.5) is 17.2 Å². The molecule has 2 aromatic carbocycles. The monoisotopic (exact) mass is 357 g/mol. The van der Waals surface area contributed by atoms with Crippen LogP contribution in [0.1, 0.15) is 33.3 Å². The summed E-state index contributed by atoms with van der Waals surface area (Å²) in [6.45, 7) is 2.35. The van der Waals surface area contributed by atoms with E-state index in [2.05, 4.69) is 27.3 Å². The molecule has 3 aromatic rings. The molecule has 134 valence electrons. The number of para-hydroxylation sites is 1. The first kappa shape index (κ1) is 17.0. The number of benzene rings is 2. The van der Waals surface area contributed by atoms with E-state index in [1.807, 2.05) is 24.3 Å².